The number of likely N-dealkylation sites (tertiary alicyclic amines) is 1. The van der Waals surface area contributed by atoms with E-state index in [1.807, 2.05) is 24.0 Å². The number of piperidine rings is 1. The number of hydrogen-bond donors (Lipinski definition) is 0. The molecule has 0 aliphatic carbocycles. The van der Waals surface area contributed by atoms with Gasteiger partial charge in [0.05, 0.1) is 25.3 Å². The van der Waals surface area contributed by atoms with E-state index >= 15 is 0 Å². The number of aromatic nitrogens is 2. The molecule has 30 heavy (non-hydrogen) atoms. The number of rotatable bonds is 5. The number of carbonyl (C=O) groups is 2. The molecule has 4 heterocycles. The highest BCUT2D eigenvalue weighted by Crippen LogP contribution is 2.21. The second-order valence-electron chi connectivity index (χ2n) is 7.63. The molecule has 9 heteroatoms. The number of morpholine rings is 1. The monoisotopic (exact) mass is 414 g/mol. The van der Waals surface area contributed by atoms with Crippen LogP contribution in [0.3, 0.4) is 0 Å². The number of ether oxygens (including phenoxy) is 2. The molecule has 2 aromatic rings. The SMILES string of the molecule is Cc1ccc(OCc2cc(C(=O)N3CCC[C@H](C(=O)N4CCOCC4)C3)no2)cn1. The number of nitrogens with zero attached hydrogens (tertiary/aromatic N) is 4. The molecular weight excluding hydrogens is 388 g/mol. The lowest BCUT2D eigenvalue weighted by Crippen LogP contribution is -2.49. The molecule has 0 radical (unpaired) electrons. The Labute approximate surface area is 174 Å². The second-order valence-corrected chi connectivity index (χ2v) is 7.63. The Kier molecular flexibility index (Phi) is 6.27. The Morgan fingerprint density at radius 1 is 1.20 bits per heavy atom. The molecule has 1 atom stereocenters. The highest BCUT2D eigenvalue weighted by Gasteiger charge is 2.33. The van der Waals surface area contributed by atoms with Crippen molar-refractivity contribution in [3.63, 3.8) is 0 Å². The largest absolute Gasteiger partial charge is 0.484 e. The molecule has 0 unspecified atom stereocenters. The normalized spacial score (nSPS) is 19.6. The van der Waals surface area contributed by atoms with Crippen LogP contribution in [0.25, 0.3) is 0 Å². The maximum Gasteiger partial charge on any atom is 0.276 e. The molecule has 2 aromatic heterocycles. The van der Waals surface area contributed by atoms with Crippen LogP contribution < -0.4 is 4.74 Å². The van der Waals surface area contributed by atoms with E-state index in [-0.39, 0.29) is 30.0 Å². The zero-order valence-electron chi connectivity index (χ0n) is 17.1. The van der Waals surface area contributed by atoms with E-state index in [2.05, 4.69) is 10.1 Å². The summed E-state index contributed by atoms with van der Waals surface area (Å²) in [5, 5.41) is 3.90. The summed E-state index contributed by atoms with van der Waals surface area (Å²) >= 11 is 0. The number of amides is 2. The van der Waals surface area contributed by atoms with Crippen LogP contribution in [0, 0.1) is 12.8 Å². The Hall–Kier alpha value is -2.94. The van der Waals surface area contributed by atoms with Crippen LogP contribution in [0.1, 0.15) is 34.8 Å². The van der Waals surface area contributed by atoms with Crippen molar-refractivity contribution in [3.05, 3.63) is 41.5 Å². The molecule has 2 aliphatic rings. The fourth-order valence-electron chi connectivity index (χ4n) is 3.74. The first-order valence-corrected chi connectivity index (χ1v) is 10.3. The van der Waals surface area contributed by atoms with Gasteiger partial charge in [-0.25, -0.2) is 0 Å². The van der Waals surface area contributed by atoms with Gasteiger partial charge in [0.2, 0.25) is 5.91 Å². The van der Waals surface area contributed by atoms with Gasteiger partial charge in [0.1, 0.15) is 12.4 Å². The Morgan fingerprint density at radius 3 is 2.80 bits per heavy atom. The molecule has 9 nitrogen and oxygen atoms in total. The van der Waals surface area contributed by atoms with Crippen molar-refractivity contribution >= 4 is 11.8 Å². The predicted molar refractivity (Wildman–Crippen MR) is 106 cm³/mol. The minimum absolute atomic E-state index is 0.108. The van der Waals surface area contributed by atoms with Gasteiger partial charge in [-0.05, 0) is 31.9 Å². The number of carbonyl (C=O) groups excluding carboxylic acids is 2. The smallest absolute Gasteiger partial charge is 0.276 e. The standard InChI is InChI=1S/C21H26N4O5/c1-15-4-5-17(12-22-15)29-14-18-11-19(23-30-18)21(27)25-6-2-3-16(13-25)20(26)24-7-9-28-10-8-24/h4-5,11-12,16H,2-3,6-10,13-14H2,1H3/t16-/m0/s1. The van der Waals surface area contributed by atoms with Crippen molar-refractivity contribution in [2.45, 2.75) is 26.4 Å². The lowest BCUT2D eigenvalue weighted by Gasteiger charge is -2.35. The van der Waals surface area contributed by atoms with E-state index < -0.39 is 0 Å². The molecule has 4 rings (SSSR count). The van der Waals surface area contributed by atoms with Crippen molar-refractivity contribution in [1.29, 1.82) is 0 Å². The average molecular weight is 414 g/mol. The van der Waals surface area contributed by atoms with Gasteiger partial charge < -0.3 is 23.8 Å². The zero-order valence-corrected chi connectivity index (χ0v) is 17.1. The van der Waals surface area contributed by atoms with Gasteiger partial charge in [-0.3, -0.25) is 14.6 Å². The van der Waals surface area contributed by atoms with E-state index in [4.69, 9.17) is 14.0 Å². The van der Waals surface area contributed by atoms with Gasteiger partial charge >= 0.3 is 0 Å². The quantitative estimate of drug-likeness (QED) is 0.734. The fourth-order valence-corrected chi connectivity index (χ4v) is 3.74. The molecule has 2 amide bonds. The van der Waals surface area contributed by atoms with Crippen molar-refractivity contribution in [1.82, 2.24) is 19.9 Å². The molecule has 0 spiro atoms. The van der Waals surface area contributed by atoms with Crippen LogP contribution in [0.2, 0.25) is 0 Å². The summed E-state index contributed by atoms with van der Waals surface area (Å²) in [5.41, 5.74) is 1.14. The van der Waals surface area contributed by atoms with E-state index in [1.54, 1.807) is 17.2 Å². The van der Waals surface area contributed by atoms with Gasteiger partial charge in [-0.1, -0.05) is 5.16 Å². The molecule has 2 aliphatic heterocycles. The summed E-state index contributed by atoms with van der Waals surface area (Å²) in [4.78, 5) is 33.4. The van der Waals surface area contributed by atoms with Gasteiger partial charge in [0.25, 0.3) is 5.91 Å². The van der Waals surface area contributed by atoms with Gasteiger partial charge in [-0.15, -0.1) is 0 Å². The van der Waals surface area contributed by atoms with Crippen molar-refractivity contribution in [2.24, 2.45) is 5.92 Å². The lowest BCUT2D eigenvalue weighted by molar-refractivity contribution is -0.141. The third-order valence-electron chi connectivity index (χ3n) is 5.42. The fraction of sp³-hybridized carbons (Fsp3) is 0.524. The second kappa shape index (κ2) is 9.25. The van der Waals surface area contributed by atoms with E-state index in [0.29, 0.717) is 50.9 Å². The molecule has 2 fully saturated rings. The first-order chi connectivity index (χ1) is 14.6. The number of hydrogen-bond acceptors (Lipinski definition) is 7. The van der Waals surface area contributed by atoms with Crippen molar-refractivity contribution < 1.29 is 23.6 Å². The van der Waals surface area contributed by atoms with Gasteiger partial charge in [-0.2, -0.15) is 0 Å². The number of pyridine rings is 1. The van der Waals surface area contributed by atoms with Crippen molar-refractivity contribution in [2.75, 3.05) is 39.4 Å². The molecule has 160 valence electrons. The summed E-state index contributed by atoms with van der Waals surface area (Å²) in [6.45, 7) is 5.45. The topological polar surface area (TPSA) is 98.0 Å². The van der Waals surface area contributed by atoms with Crippen LogP contribution in [-0.2, 0) is 16.1 Å². The van der Waals surface area contributed by atoms with Crippen molar-refractivity contribution in [3.8, 4) is 5.75 Å². The van der Waals surface area contributed by atoms with Crippen LogP contribution in [0.4, 0.5) is 0 Å². The molecule has 0 aromatic carbocycles. The van der Waals surface area contributed by atoms with Gasteiger partial charge in [0, 0.05) is 37.9 Å². The minimum atomic E-state index is -0.221. The van der Waals surface area contributed by atoms with Crippen LogP contribution in [0.15, 0.2) is 28.9 Å². The van der Waals surface area contributed by atoms with Crippen LogP contribution >= 0.6 is 0 Å². The maximum atomic E-state index is 12.9. The van der Waals surface area contributed by atoms with Crippen LogP contribution in [0.5, 0.6) is 5.75 Å². The maximum absolute atomic E-state index is 12.9. The third kappa shape index (κ3) is 4.79. The first kappa shape index (κ1) is 20.3. The predicted octanol–water partition coefficient (Wildman–Crippen LogP) is 1.67. The lowest BCUT2D eigenvalue weighted by atomic mass is 9.96. The summed E-state index contributed by atoms with van der Waals surface area (Å²) in [7, 11) is 0. The molecule has 0 saturated carbocycles. The van der Waals surface area contributed by atoms with Gasteiger partial charge in [0.15, 0.2) is 11.5 Å². The average Bonchev–Trinajstić information content (AvgIpc) is 3.27. The summed E-state index contributed by atoms with van der Waals surface area (Å²) < 4.78 is 16.2. The Morgan fingerprint density at radius 2 is 2.03 bits per heavy atom. The molecule has 2 saturated heterocycles. The first-order valence-electron chi connectivity index (χ1n) is 10.3. The molecule has 0 bridgehead atoms. The van der Waals surface area contributed by atoms with E-state index in [1.165, 1.54) is 0 Å². The van der Waals surface area contributed by atoms with E-state index in [9.17, 15) is 9.59 Å². The summed E-state index contributed by atoms with van der Waals surface area (Å²) in [6.07, 6.45) is 3.22. The van der Waals surface area contributed by atoms with E-state index in [0.717, 1.165) is 18.5 Å². The Balaban J connectivity index is 1.33. The highest BCUT2D eigenvalue weighted by atomic mass is 16.5. The summed E-state index contributed by atoms with van der Waals surface area (Å²) in [6, 6.07) is 5.27. The minimum Gasteiger partial charge on any atom is -0.484 e. The highest BCUT2D eigenvalue weighted by molar-refractivity contribution is 5.92. The third-order valence-corrected chi connectivity index (χ3v) is 5.42. The molecular formula is C21H26N4O5. The zero-order chi connectivity index (χ0) is 20.9. The Bertz CT molecular complexity index is 876. The number of aryl methyl sites for hydroxylation is 1. The van der Waals surface area contributed by atoms with Crippen LogP contribution in [-0.4, -0.2) is 71.1 Å². The molecule has 0 N–H and O–H groups in total. The summed E-state index contributed by atoms with van der Waals surface area (Å²) in [5.74, 6) is 0.782.